The second-order valence-corrected chi connectivity index (χ2v) is 6.84. The number of aromatic amines is 1. The molecule has 168 valence electrons. The van der Waals surface area contributed by atoms with Gasteiger partial charge in [-0.3, -0.25) is 20.0 Å². The van der Waals surface area contributed by atoms with Gasteiger partial charge in [-0.15, -0.1) is 13.2 Å². The average molecular weight is 448 g/mol. The molecule has 3 aromatic rings. The zero-order chi connectivity index (χ0) is 23.5. The molecule has 0 saturated carbocycles. The Bertz CT molecular complexity index is 1210. The summed E-state index contributed by atoms with van der Waals surface area (Å²) in [6, 6.07) is 10.8. The fraction of sp³-hybridized carbons (Fsp3) is 0.238. The largest absolute Gasteiger partial charge is 0.573 e. The number of aliphatic imine (C=N–C) groups is 1. The maximum absolute atomic E-state index is 13.1. The van der Waals surface area contributed by atoms with Gasteiger partial charge in [0, 0.05) is 17.8 Å². The summed E-state index contributed by atoms with van der Waals surface area (Å²) in [5.41, 5.74) is 0.663. The van der Waals surface area contributed by atoms with Gasteiger partial charge < -0.3 is 4.74 Å². The maximum atomic E-state index is 13.1. The summed E-state index contributed by atoms with van der Waals surface area (Å²) in [4.78, 5) is 27.7. The number of H-pyrrole nitrogens is 1. The number of nitro groups is 1. The number of aryl methyl sites for hydroxylation is 1. The number of halogens is 3. The number of hydrogen-bond acceptors (Lipinski definition) is 5. The van der Waals surface area contributed by atoms with Crippen molar-refractivity contribution in [1.29, 1.82) is 0 Å². The van der Waals surface area contributed by atoms with E-state index in [2.05, 4.69) is 14.8 Å². The van der Waals surface area contributed by atoms with E-state index in [4.69, 9.17) is 0 Å². The molecule has 3 rings (SSSR count). The number of alkyl halides is 3. The molecule has 0 unspecified atom stereocenters. The Kier molecular flexibility index (Phi) is 6.47. The van der Waals surface area contributed by atoms with E-state index < -0.39 is 22.6 Å². The molecule has 1 heterocycles. The van der Waals surface area contributed by atoms with Crippen molar-refractivity contribution in [2.45, 2.75) is 33.1 Å². The first-order valence-electron chi connectivity index (χ1n) is 9.60. The SMILES string of the molecule is CCCc1[nH]n(-c2ccc([N+](=O)[O-])cc2)c(=O)c1C(C)=Nc1ccccc1OC(F)(F)F. The fourth-order valence-electron chi connectivity index (χ4n) is 3.19. The molecule has 0 atom stereocenters. The molecule has 0 fully saturated rings. The van der Waals surface area contributed by atoms with Crippen LogP contribution in [0.3, 0.4) is 0 Å². The lowest BCUT2D eigenvalue weighted by Gasteiger charge is -2.11. The summed E-state index contributed by atoms with van der Waals surface area (Å²) in [5, 5.41) is 13.8. The minimum atomic E-state index is -4.89. The Labute approximate surface area is 180 Å². The highest BCUT2D eigenvalue weighted by Crippen LogP contribution is 2.32. The van der Waals surface area contributed by atoms with E-state index in [0.717, 1.165) is 6.07 Å². The van der Waals surface area contributed by atoms with E-state index in [9.17, 15) is 28.1 Å². The number of nitrogens with zero attached hydrogens (tertiary/aromatic N) is 3. The molecular formula is C21H19F3N4O4. The van der Waals surface area contributed by atoms with Gasteiger partial charge in [-0.05, 0) is 37.6 Å². The van der Waals surface area contributed by atoms with E-state index >= 15 is 0 Å². The summed E-state index contributed by atoms with van der Waals surface area (Å²) in [6.07, 6.45) is -3.71. The number of nitrogens with one attached hydrogen (secondary N) is 1. The number of ether oxygens (including phenoxy) is 1. The Balaban J connectivity index is 2.08. The highest BCUT2D eigenvalue weighted by molar-refractivity contribution is 6.01. The summed E-state index contributed by atoms with van der Waals surface area (Å²) in [6.45, 7) is 3.43. The van der Waals surface area contributed by atoms with E-state index in [1.54, 1.807) is 0 Å². The zero-order valence-electron chi connectivity index (χ0n) is 17.1. The molecule has 0 radical (unpaired) electrons. The second-order valence-electron chi connectivity index (χ2n) is 6.84. The summed E-state index contributed by atoms with van der Waals surface area (Å²) in [7, 11) is 0. The van der Waals surface area contributed by atoms with Crippen molar-refractivity contribution in [2.24, 2.45) is 4.99 Å². The van der Waals surface area contributed by atoms with Crippen molar-refractivity contribution in [3.63, 3.8) is 0 Å². The minimum absolute atomic E-state index is 0.0766. The number of non-ortho nitro benzene ring substituents is 1. The molecule has 0 aliphatic carbocycles. The standard InChI is InChI=1S/C21H19F3N4O4/c1-3-6-17-19(13(2)25-16-7-4-5-8-18(16)32-21(22,23)24)20(29)27(26-17)14-9-11-15(12-10-14)28(30)31/h4-5,7-12,26H,3,6H2,1-2H3. The van der Waals surface area contributed by atoms with Gasteiger partial charge in [-0.1, -0.05) is 25.5 Å². The predicted molar refractivity (Wildman–Crippen MR) is 112 cm³/mol. The van der Waals surface area contributed by atoms with Crippen LogP contribution in [0.15, 0.2) is 58.3 Å². The third-order valence-corrected chi connectivity index (χ3v) is 4.53. The number of rotatable bonds is 7. The average Bonchev–Trinajstić information content (AvgIpc) is 3.04. The number of benzene rings is 2. The zero-order valence-corrected chi connectivity index (χ0v) is 17.1. The molecule has 8 nitrogen and oxygen atoms in total. The van der Waals surface area contributed by atoms with Crippen LogP contribution < -0.4 is 10.3 Å². The summed E-state index contributed by atoms with van der Waals surface area (Å²) in [5.74, 6) is -0.484. The van der Waals surface area contributed by atoms with Gasteiger partial charge >= 0.3 is 6.36 Å². The smallest absolute Gasteiger partial charge is 0.403 e. The van der Waals surface area contributed by atoms with E-state index in [0.29, 0.717) is 24.2 Å². The van der Waals surface area contributed by atoms with Gasteiger partial charge in [0.15, 0.2) is 5.75 Å². The number of nitro benzene ring substituents is 1. The molecule has 2 aromatic carbocycles. The monoisotopic (exact) mass is 448 g/mol. The highest BCUT2D eigenvalue weighted by Gasteiger charge is 2.32. The molecule has 1 aromatic heterocycles. The first kappa shape index (κ1) is 22.8. The van der Waals surface area contributed by atoms with Gasteiger partial charge in [-0.2, -0.15) is 0 Å². The topological polar surface area (TPSA) is 103 Å². The molecule has 0 amide bonds. The van der Waals surface area contributed by atoms with Crippen molar-refractivity contribution >= 4 is 17.1 Å². The van der Waals surface area contributed by atoms with Gasteiger partial charge in [-0.25, -0.2) is 9.67 Å². The second kappa shape index (κ2) is 9.08. The van der Waals surface area contributed by atoms with Crippen LogP contribution in [0, 0.1) is 10.1 Å². The Morgan fingerprint density at radius 1 is 1.19 bits per heavy atom. The summed E-state index contributed by atoms with van der Waals surface area (Å²) < 4.78 is 43.4. The van der Waals surface area contributed by atoms with Crippen molar-refractivity contribution in [3.05, 3.63) is 80.3 Å². The predicted octanol–water partition coefficient (Wildman–Crippen LogP) is 5.07. The van der Waals surface area contributed by atoms with Crippen LogP contribution >= 0.6 is 0 Å². The number of aromatic nitrogens is 2. The third-order valence-electron chi connectivity index (χ3n) is 4.53. The van der Waals surface area contributed by atoms with Gasteiger partial charge in [0.25, 0.3) is 11.2 Å². The lowest BCUT2D eigenvalue weighted by molar-refractivity contribution is -0.384. The van der Waals surface area contributed by atoms with Gasteiger partial charge in [0.05, 0.1) is 21.9 Å². The normalized spacial score (nSPS) is 12.1. The maximum Gasteiger partial charge on any atom is 0.573 e. The Morgan fingerprint density at radius 3 is 2.44 bits per heavy atom. The summed E-state index contributed by atoms with van der Waals surface area (Å²) >= 11 is 0. The van der Waals surface area contributed by atoms with E-state index in [1.807, 2.05) is 6.92 Å². The fourth-order valence-corrected chi connectivity index (χ4v) is 3.19. The number of hydrogen-bond donors (Lipinski definition) is 1. The van der Waals surface area contributed by atoms with Crippen molar-refractivity contribution in [3.8, 4) is 11.4 Å². The molecule has 11 heteroatoms. The molecule has 0 saturated heterocycles. The minimum Gasteiger partial charge on any atom is -0.403 e. The Morgan fingerprint density at radius 2 is 1.84 bits per heavy atom. The molecule has 0 bridgehead atoms. The molecule has 0 aliphatic rings. The van der Waals surface area contributed by atoms with Gasteiger partial charge in [0.2, 0.25) is 0 Å². The quantitative estimate of drug-likeness (QED) is 0.310. The van der Waals surface area contributed by atoms with Crippen molar-refractivity contribution in [1.82, 2.24) is 9.78 Å². The molecule has 0 spiro atoms. The lowest BCUT2D eigenvalue weighted by Crippen LogP contribution is -2.20. The van der Waals surface area contributed by atoms with E-state index in [1.165, 1.54) is 54.1 Å². The van der Waals surface area contributed by atoms with Crippen LogP contribution in [-0.2, 0) is 6.42 Å². The van der Waals surface area contributed by atoms with Crippen LogP contribution in [0.5, 0.6) is 5.75 Å². The Hall–Kier alpha value is -3.89. The van der Waals surface area contributed by atoms with Gasteiger partial charge in [0.1, 0.15) is 5.69 Å². The first-order chi connectivity index (χ1) is 15.1. The third kappa shape index (κ3) is 5.05. The van der Waals surface area contributed by atoms with Crippen molar-refractivity contribution in [2.75, 3.05) is 0 Å². The van der Waals surface area contributed by atoms with Crippen LogP contribution in [0.4, 0.5) is 24.5 Å². The first-order valence-corrected chi connectivity index (χ1v) is 9.60. The number of para-hydroxylation sites is 2. The molecular weight excluding hydrogens is 429 g/mol. The van der Waals surface area contributed by atoms with Crippen molar-refractivity contribution < 1.29 is 22.8 Å². The van der Waals surface area contributed by atoms with Crippen LogP contribution in [0.1, 0.15) is 31.5 Å². The molecule has 32 heavy (non-hydrogen) atoms. The molecule has 1 N–H and O–H groups in total. The van der Waals surface area contributed by atoms with Crippen LogP contribution in [0.2, 0.25) is 0 Å². The highest BCUT2D eigenvalue weighted by atomic mass is 19.4. The van der Waals surface area contributed by atoms with Crippen LogP contribution in [0.25, 0.3) is 5.69 Å². The lowest BCUT2D eigenvalue weighted by atomic mass is 10.1. The molecule has 0 aliphatic heterocycles. The van der Waals surface area contributed by atoms with E-state index in [-0.39, 0.29) is 22.6 Å². The van der Waals surface area contributed by atoms with Crippen LogP contribution in [-0.4, -0.2) is 26.8 Å².